The van der Waals surface area contributed by atoms with Crippen molar-refractivity contribution in [2.24, 2.45) is 7.05 Å². The molecule has 0 radical (unpaired) electrons. The first-order valence-corrected chi connectivity index (χ1v) is 7.51. The SMILES string of the molecule is CCc1cc(N2CCN(c3cnn(C)c(=O)c3)CC2)ncn1. The van der Waals surface area contributed by atoms with E-state index in [4.69, 9.17) is 0 Å². The molecule has 1 fully saturated rings. The first kappa shape index (κ1) is 14.5. The van der Waals surface area contributed by atoms with Crippen LogP contribution in [0.25, 0.3) is 0 Å². The molecule has 0 N–H and O–H groups in total. The highest BCUT2D eigenvalue weighted by Crippen LogP contribution is 2.17. The summed E-state index contributed by atoms with van der Waals surface area (Å²) in [7, 11) is 1.66. The van der Waals surface area contributed by atoms with E-state index < -0.39 is 0 Å². The molecule has 0 aliphatic carbocycles. The number of hydrogen-bond acceptors (Lipinski definition) is 6. The van der Waals surface area contributed by atoms with Crippen LogP contribution in [0.3, 0.4) is 0 Å². The molecule has 2 aromatic heterocycles. The van der Waals surface area contributed by atoms with E-state index in [1.165, 1.54) is 4.68 Å². The van der Waals surface area contributed by atoms with Crippen LogP contribution in [0.1, 0.15) is 12.6 Å². The molecule has 3 heterocycles. The summed E-state index contributed by atoms with van der Waals surface area (Å²) in [6.07, 6.45) is 4.29. The lowest BCUT2D eigenvalue weighted by atomic mass is 10.2. The van der Waals surface area contributed by atoms with Gasteiger partial charge in [-0.25, -0.2) is 14.6 Å². The Morgan fingerprint density at radius 1 is 1.09 bits per heavy atom. The predicted octanol–water partition coefficient (Wildman–Crippen LogP) is 0.459. The van der Waals surface area contributed by atoms with Gasteiger partial charge in [-0.3, -0.25) is 4.79 Å². The van der Waals surface area contributed by atoms with Gasteiger partial charge < -0.3 is 9.80 Å². The quantitative estimate of drug-likeness (QED) is 0.820. The molecule has 3 rings (SSSR count). The summed E-state index contributed by atoms with van der Waals surface area (Å²) in [5.74, 6) is 0.980. The standard InChI is InChI=1S/C15H20N6O/c1-3-12-8-14(17-11-16-12)21-6-4-20(5-7-21)13-9-15(22)19(2)18-10-13/h8-11H,3-7H2,1-2H3. The molecule has 1 aliphatic heterocycles. The van der Waals surface area contributed by atoms with Crippen LogP contribution in [0.4, 0.5) is 11.5 Å². The number of aryl methyl sites for hydroxylation is 2. The van der Waals surface area contributed by atoms with Gasteiger partial charge in [-0.15, -0.1) is 0 Å². The molecule has 2 aromatic rings. The normalized spacial score (nSPS) is 15.2. The van der Waals surface area contributed by atoms with E-state index in [2.05, 4.69) is 37.9 Å². The average molecular weight is 300 g/mol. The van der Waals surface area contributed by atoms with Crippen LogP contribution in [0.2, 0.25) is 0 Å². The minimum absolute atomic E-state index is 0.0803. The maximum atomic E-state index is 11.7. The van der Waals surface area contributed by atoms with Crippen molar-refractivity contribution in [2.45, 2.75) is 13.3 Å². The van der Waals surface area contributed by atoms with Crippen molar-refractivity contribution in [1.82, 2.24) is 19.7 Å². The summed E-state index contributed by atoms with van der Waals surface area (Å²) in [6, 6.07) is 3.69. The van der Waals surface area contributed by atoms with E-state index >= 15 is 0 Å². The van der Waals surface area contributed by atoms with Crippen LogP contribution < -0.4 is 15.4 Å². The topological polar surface area (TPSA) is 67.2 Å². The van der Waals surface area contributed by atoms with Crippen LogP contribution in [-0.4, -0.2) is 45.9 Å². The van der Waals surface area contributed by atoms with Gasteiger partial charge in [-0.1, -0.05) is 6.92 Å². The maximum Gasteiger partial charge on any atom is 0.268 e. The summed E-state index contributed by atoms with van der Waals surface area (Å²) < 4.78 is 1.34. The Bertz CT molecular complexity index is 705. The molecule has 0 saturated carbocycles. The monoisotopic (exact) mass is 300 g/mol. The number of nitrogens with zero attached hydrogens (tertiary/aromatic N) is 6. The molecule has 0 unspecified atom stereocenters. The zero-order valence-electron chi connectivity index (χ0n) is 12.9. The average Bonchev–Trinajstić information content (AvgIpc) is 2.57. The maximum absolute atomic E-state index is 11.7. The van der Waals surface area contributed by atoms with Gasteiger partial charge in [-0.05, 0) is 6.42 Å². The van der Waals surface area contributed by atoms with Crippen LogP contribution >= 0.6 is 0 Å². The summed E-state index contributed by atoms with van der Waals surface area (Å²) in [4.78, 5) is 24.7. The molecule has 0 spiro atoms. The highest BCUT2D eigenvalue weighted by atomic mass is 16.1. The van der Waals surface area contributed by atoms with Crippen molar-refractivity contribution in [3.63, 3.8) is 0 Å². The summed E-state index contributed by atoms with van der Waals surface area (Å²) in [5.41, 5.74) is 1.87. The molecule has 1 aliphatic rings. The first-order chi connectivity index (χ1) is 10.7. The zero-order valence-corrected chi connectivity index (χ0v) is 12.9. The lowest BCUT2D eigenvalue weighted by Crippen LogP contribution is -2.47. The number of hydrogen-bond donors (Lipinski definition) is 0. The Kier molecular flexibility index (Phi) is 4.04. The molecule has 1 saturated heterocycles. The lowest BCUT2D eigenvalue weighted by Gasteiger charge is -2.36. The third-order valence-corrected chi connectivity index (χ3v) is 3.99. The van der Waals surface area contributed by atoms with E-state index in [9.17, 15) is 4.79 Å². The van der Waals surface area contributed by atoms with Crippen molar-refractivity contribution >= 4 is 11.5 Å². The Hall–Kier alpha value is -2.44. The Labute approximate surface area is 129 Å². The molecule has 0 bridgehead atoms. The third-order valence-electron chi connectivity index (χ3n) is 3.99. The number of aromatic nitrogens is 4. The van der Waals surface area contributed by atoms with Crippen LogP contribution in [-0.2, 0) is 13.5 Å². The smallest absolute Gasteiger partial charge is 0.268 e. The summed E-state index contributed by atoms with van der Waals surface area (Å²) in [5, 5.41) is 4.08. The van der Waals surface area contributed by atoms with E-state index in [1.807, 2.05) is 0 Å². The van der Waals surface area contributed by atoms with Crippen LogP contribution in [0.15, 0.2) is 29.5 Å². The number of rotatable bonds is 3. The molecule has 7 nitrogen and oxygen atoms in total. The van der Waals surface area contributed by atoms with Crippen molar-refractivity contribution in [3.8, 4) is 0 Å². The van der Waals surface area contributed by atoms with Gasteiger partial charge in [0.05, 0.1) is 11.9 Å². The van der Waals surface area contributed by atoms with E-state index in [-0.39, 0.29) is 5.56 Å². The molecule has 116 valence electrons. The molecule has 22 heavy (non-hydrogen) atoms. The van der Waals surface area contributed by atoms with Crippen molar-refractivity contribution in [2.75, 3.05) is 36.0 Å². The molecule has 0 aromatic carbocycles. The highest BCUT2D eigenvalue weighted by molar-refractivity contribution is 5.47. The van der Waals surface area contributed by atoms with Gasteiger partial charge in [-0.2, -0.15) is 5.10 Å². The Balaban J connectivity index is 1.69. The Morgan fingerprint density at radius 3 is 2.50 bits per heavy atom. The second-order valence-electron chi connectivity index (χ2n) is 5.37. The van der Waals surface area contributed by atoms with Gasteiger partial charge >= 0.3 is 0 Å². The summed E-state index contributed by atoms with van der Waals surface area (Å²) >= 11 is 0. The van der Waals surface area contributed by atoms with Gasteiger partial charge in [0.15, 0.2) is 0 Å². The Morgan fingerprint density at radius 2 is 1.82 bits per heavy atom. The fraction of sp³-hybridized carbons (Fsp3) is 0.467. The van der Waals surface area contributed by atoms with E-state index in [0.717, 1.165) is 49.8 Å². The van der Waals surface area contributed by atoms with Crippen molar-refractivity contribution in [3.05, 3.63) is 40.7 Å². The van der Waals surface area contributed by atoms with E-state index in [0.29, 0.717) is 0 Å². The first-order valence-electron chi connectivity index (χ1n) is 7.51. The van der Waals surface area contributed by atoms with Gasteiger partial charge in [0.2, 0.25) is 0 Å². The van der Waals surface area contributed by atoms with Gasteiger partial charge in [0.25, 0.3) is 5.56 Å². The zero-order chi connectivity index (χ0) is 15.5. The minimum Gasteiger partial charge on any atom is -0.367 e. The van der Waals surface area contributed by atoms with Crippen molar-refractivity contribution in [1.29, 1.82) is 0 Å². The van der Waals surface area contributed by atoms with Crippen LogP contribution in [0.5, 0.6) is 0 Å². The number of piperazine rings is 1. The highest BCUT2D eigenvalue weighted by Gasteiger charge is 2.19. The van der Waals surface area contributed by atoms with Gasteiger partial charge in [0, 0.05) is 51.1 Å². The molecule has 0 amide bonds. The molecular formula is C15H20N6O. The molecule has 0 atom stereocenters. The third kappa shape index (κ3) is 2.93. The molecule has 7 heteroatoms. The fourth-order valence-electron chi connectivity index (χ4n) is 2.58. The minimum atomic E-state index is -0.0803. The number of anilines is 2. The fourth-order valence-corrected chi connectivity index (χ4v) is 2.58. The second kappa shape index (κ2) is 6.13. The lowest BCUT2D eigenvalue weighted by molar-refractivity contribution is 0.637. The predicted molar refractivity (Wildman–Crippen MR) is 85.3 cm³/mol. The molecular weight excluding hydrogens is 280 g/mol. The van der Waals surface area contributed by atoms with E-state index in [1.54, 1.807) is 25.6 Å². The summed E-state index contributed by atoms with van der Waals surface area (Å²) in [6.45, 7) is 5.53. The van der Waals surface area contributed by atoms with Gasteiger partial charge in [0.1, 0.15) is 12.1 Å². The second-order valence-corrected chi connectivity index (χ2v) is 5.37. The van der Waals surface area contributed by atoms with Crippen LogP contribution in [0, 0.1) is 0 Å². The van der Waals surface area contributed by atoms with Crippen molar-refractivity contribution < 1.29 is 0 Å². The largest absolute Gasteiger partial charge is 0.367 e.